The van der Waals surface area contributed by atoms with Gasteiger partial charge < -0.3 is 20.1 Å². The summed E-state index contributed by atoms with van der Waals surface area (Å²) < 4.78 is 2.22. The first-order valence-electron chi connectivity index (χ1n) is 9.23. The van der Waals surface area contributed by atoms with Crippen molar-refractivity contribution in [3.63, 3.8) is 0 Å². The summed E-state index contributed by atoms with van der Waals surface area (Å²) in [7, 11) is 0. The van der Waals surface area contributed by atoms with E-state index in [9.17, 15) is 5.26 Å². The number of hydrogen-bond acceptors (Lipinski definition) is 4. The summed E-state index contributed by atoms with van der Waals surface area (Å²) in [6.07, 6.45) is 4.79. The minimum Gasteiger partial charge on any atom is -0.396 e. The lowest BCUT2D eigenvalue weighted by molar-refractivity contribution is 0.506. The molecule has 130 valence electrons. The SMILES string of the molecule is N#Cc1cc(N)c(N2CCN(c3ccccc3)CC2)n1C1CCCC1. The summed E-state index contributed by atoms with van der Waals surface area (Å²) in [6.45, 7) is 3.81. The number of hydrogen-bond donors (Lipinski definition) is 1. The normalized spacial score (nSPS) is 18.5. The van der Waals surface area contributed by atoms with Crippen molar-refractivity contribution in [1.82, 2.24) is 4.57 Å². The Morgan fingerprint density at radius 1 is 0.960 bits per heavy atom. The van der Waals surface area contributed by atoms with Crippen LogP contribution in [0.15, 0.2) is 36.4 Å². The van der Waals surface area contributed by atoms with Crippen LogP contribution in [0.4, 0.5) is 17.2 Å². The highest BCUT2D eigenvalue weighted by Gasteiger charge is 2.28. The van der Waals surface area contributed by atoms with Gasteiger partial charge in [-0.1, -0.05) is 31.0 Å². The molecule has 0 spiro atoms. The van der Waals surface area contributed by atoms with Gasteiger partial charge in [-0.2, -0.15) is 5.26 Å². The Labute approximate surface area is 149 Å². The van der Waals surface area contributed by atoms with Crippen molar-refractivity contribution in [2.45, 2.75) is 31.7 Å². The monoisotopic (exact) mass is 335 g/mol. The van der Waals surface area contributed by atoms with Gasteiger partial charge in [0.25, 0.3) is 0 Å². The summed E-state index contributed by atoms with van der Waals surface area (Å²) in [6, 6.07) is 15.2. The van der Waals surface area contributed by atoms with E-state index in [0.29, 0.717) is 11.7 Å². The molecule has 25 heavy (non-hydrogen) atoms. The van der Waals surface area contributed by atoms with Crippen LogP contribution in [-0.2, 0) is 0 Å². The molecule has 5 heteroatoms. The highest BCUT2D eigenvalue weighted by Crippen LogP contribution is 2.39. The van der Waals surface area contributed by atoms with E-state index < -0.39 is 0 Å². The molecule has 0 unspecified atom stereocenters. The first-order chi connectivity index (χ1) is 12.3. The van der Waals surface area contributed by atoms with Crippen LogP contribution in [0.25, 0.3) is 0 Å². The molecule has 2 aromatic rings. The summed E-state index contributed by atoms with van der Waals surface area (Å²) >= 11 is 0. The maximum absolute atomic E-state index is 9.55. The van der Waals surface area contributed by atoms with E-state index in [1.165, 1.54) is 18.5 Å². The Hall–Kier alpha value is -2.61. The summed E-state index contributed by atoms with van der Waals surface area (Å²) in [4.78, 5) is 4.79. The third-order valence-corrected chi connectivity index (χ3v) is 5.54. The molecule has 1 aliphatic carbocycles. The van der Waals surface area contributed by atoms with E-state index in [4.69, 9.17) is 5.73 Å². The van der Waals surface area contributed by atoms with Crippen LogP contribution in [0, 0.1) is 11.3 Å². The van der Waals surface area contributed by atoms with Crippen molar-refractivity contribution in [2.24, 2.45) is 0 Å². The largest absolute Gasteiger partial charge is 0.396 e. The first kappa shape index (κ1) is 15.9. The second-order valence-electron chi connectivity index (χ2n) is 7.04. The number of para-hydroxylation sites is 1. The van der Waals surface area contributed by atoms with Crippen LogP contribution in [0.3, 0.4) is 0 Å². The summed E-state index contributed by atoms with van der Waals surface area (Å²) in [5.74, 6) is 1.07. The van der Waals surface area contributed by atoms with Crippen molar-refractivity contribution in [3.8, 4) is 6.07 Å². The third-order valence-electron chi connectivity index (χ3n) is 5.54. The molecule has 1 aromatic carbocycles. The minimum atomic E-state index is 0.425. The van der Waals surface area contributed by atoms with Crippen LogP contribution in [0.1, 0.15) is 37.4 Å². The predicted octanol–water partition coefficient (Wildman–Crippen LogP) is 3.38. The lowest BCUT2D eigenvalue weighted by Gasteiger charge is -2.38. The number of anilines is 3. The lowest BCUT2D eigenvalue weighted by Crippen LogP contribution is -2.47. The fourth-order valence-electron chi connectivity index (χ4n) is 4.30. The molecule has 0 bridgehead atoms. The number of nitrogen functional groups attached to an aromatic ring is 1. The van der Waals surface area contributed by atoms with Gasteiger partial charge in [0.05, 0.1) is 5.69 Å². The van der Waals surface area contributed by atoms with E-state index in [1.807, 2.05) is 6.07 Å². The number of nitriles is 1. The Balaban J connectivity index is 1.57. The van der Waals surface area contributed by atoms with Crippen molar-refractivity contribution >= 4 is 17.2 Å². The quantitative estimate of drug-likeness (QED) is 0.934. The van der Waals surface area contributed by atoms with Crippen LogP contribution < -0.4 is 15.5 Å². The molecule has 1 saturated heterocycles. The van der Waals surface area contributed by atoms with Gasteiger partial charge in [-0.05, 0) is 31.0 Å². The topological polar surface area (TPSA) is 61.2 Å². The average molecular weight is 335 g/mol. The Bertz CT molecular complexity index is 759. The van der Waals surface area contributed by atoms with Gasteiger partial charge in [0.2, 0.25) is 0 Å². The Morgan fingerprint density at radius 3 is 2.24 bits per heavy atom. The number of piperazine rings is 1. The second-order valence-corrected chi connectivity index (χ2v) is 7.04. The van der Waals surface area contributed by atoms with Crippen molar-refractivity contribution in [1.29, 1.82) is 5.26 Å². The molecule has 0 amide bonds. The van der Waals surface area contributed by atoms with E-state index >= 15 is 0 Å². The zero-order valence-electron chi connectivity index (χ0n) is 14.6. The van der Waals surface area contributed by atoms with Gasteiger partial charge in [-0.3, -0.25) is 0 Å². The molecule has 2 aliphatic rings. The molecule has 2 N–H and O–H groups in total. The molecule has 0 atom stereocenters. The third kappa shape index (κ3) is 2.93. The van der Waals surface area contributed by atoms with Crippen LogP contribution in [-0.4, -0.2) is 30.7 Å². The number of nitrogens with two attached hydrogens (primary N) is 1. The number of rotatable bonds is 3. The lowest BCUT2D eigenvalue weighted by atomic mass is 10.2. The number of aromatic nitrogens is 1. The summed E-state index contributed by atoms with van der Waals surface area (Å²) in [5, 5.41) is 9.55. The fraction of sp³-hybridized carbons (Fsp3) is 0.450. The van der Waals surface area contributed by atoms with Gasteiger partial charge in [-0.25, -0.2) is 0 Å². The average Bonchev–Trinajstić information content (AvgIpc) is 3.30. The molecule has 2 heterocycles. The number of nitrogens with zero attached hydrogens (tertiary/aromatic N) is 4. The maximum atomic E-state index is 9.55. The van der Waals surface area contributed by atoms with Crippen LogP contribution in [0.2, 0.25) is 0 Å². The number of benzene rings is 1. The minimum absolute atomic E-state index is 0.425. The molecule has 2 fully saturated rings. The highest BCUT2D eigenvalue weighted by molar-refractivity contribution is 5.69. The van der Waals surface area contributed by atoms with E-state index in [2.05, 4.69) is 50.8 Å². The smallest absolute Gasteiger partial charge is 0.133 e. The molecule has 1 saturated carbocycles. The first-order valence-corrected chi connectivity index (χ1v) is 9.23. The van der Waals surface area contributed by atoms with Gasteiger partial charge >= 0.3 is 0 Å². The maximum Gasteiger partial charge on any atom is 0.133 e. The fourth-order valence-corrected chi connectivity index (χ4v) is 4.30. The van der Waals surface area contributed by atoms with E-state index in [0.717, 1.165) is 50.5 Å². The van der Waals surface area contributed by atoms with Crippen molar-refractivity contribution in [3.05, 3.63) is 42.1 Å². The van der Waals surface area contributed by atoms with Gasteiger partial charge in [0.1, 0.15) is 17.6 Å². The highest BCUT2D eigenvalue weighted by atomic mass is 15.3. The Morgan fingerprint density at radius 2 is 1.60 bits per heavy atom. The Kier molecular flexibility index (Phi) is 4.27. The van der Waals surface area contributed by atoms with Crippen molar-refractivity contribution < 1.29 is 0 Å². The zero-order valence-corrected chi connectivity index (χ0v) is 14.6. The van der Waals surface area contributed by atoms with E-state index in [-0.39, 0.29) is 0 Å². The van der Waals surface area contributed by atoms with Gasteiger partial charge in [-0.15, -0.1) is 0 Å². The molecular formula is C20H25N5. The van der Waals surface area contributed by atoms with Crippen LogP contribution >= 0.6 is 0 Å². The second kappa shape index (κ2) is 6.72. The predicted molar refractivity (Wildman–Crippen MR) is 102 cm³/mol. The van der Waals surface area contributed by atoms with Gasteiger partial charge in [0.15, 0.2) is 0 Å². The molecule has 1 aromatic heterocycles. The standard InChI is InChI=1S/C20H25N5/c21-15-18-14-19(22)20(25(18)17-8-4-5-9-17)24-12-10-23(11-13-24)16-6-2-1-3-7-16/h1-3,6-7,14,17H,4-5,8-13,22H2. The molecule has 0 radical (unpaired) electrons. The summed E-state index contributed by atoms with van der Waals surface area (Å²) in [5.41, 5.74) is 9.07. The zero-order chi connectivity index (χ0) is 17.2. The van der Waals surface area contributed by atoms with E-state index in [1.54, 1.807) is 0 Å². The van der Waals surface area contributed by atoms with Gasteiger partial charge in [0, 0.05) is 37.9 Å². The van der Waals surface area contributed by atoms with Crippen molar-refractivity contribution in [2.75, 3.05) is 41.7 Å². The molecule has 5 nitrogen and oxygen atoms in total. The molecule has 1 aliphatic heterocycles. The van der Waals surface area contributed by atoms with Crippen LogP contribution in [0.5, 0.6) is 0 Å². The molecular weight excluding hydrogens is 310 g/mol. The molecule has 4 rings (SSSR count).